The SMILES string of the molecule is O=c1cc(CCC2CCCN2)[nH]o1. The number of aromatic amines is 1. The van der Waals surface area contributed by atoms with Crippen LogP contribution in [0.3, 0.4) is 0 Å². The Bertz CT molecular complexity index is 309. The quantitative estimate of drug-likeness (QED) is 0.721. The van der Waals surface area contributed by atoms with E-state index in [0.29, 0.717) is 6.04 Å². The van der Waals surface area contributed by atoms with Crippen LogP contribution in [0.25, 0.3) is 0 Å². The first-order chi connectivity index (χ1) is 6.34. The van der Waals surface area contributed by atoms with Crippen molar-refractivity contribution < 1.29 is 4.52 Å². The van der Waals surface area contributed by atoms with Crippen LogP contribution in [0.5, 0.6) is 0 Å². The van der Waals surface area contributed by atoms with Gasteiger partial charge in [0, 0.05) is 12.1 Å². The third kappa shape index (κ3) is 2.21. The lowest BCUT2D eigenvalue weighted by atomic mass is 10.1. The lowest BCUT2D eigenvalue weighted by molar-refractivity contribution is 0.382. The first kappa shape index (κ1) is 8.56. The maximum absolute atomic E-state index is 10.7. The van der Waals surface area contributed by atoms with Crippen LogP contribution in [0.4, 0.5) is 0 Å². The highest BCUT2D eigenvalue weighted by molar-refractivity contribution is 4.96. The molecule has 2 N–H and O–H groups in total. The van der Waals surface area contributed by atoms with E-state index in [0.717, 1.165) is 25.1 Å². The number of hydrogen-bond acceptors (Lipinski definition) is 3. The van der Waals surface area contributed by atoms with Gasteiger partial charge in [-0.25, -0.2) is 9.95 Å². The summed E-state index contributed by atoms with van der Waals surface area (Å²) in [4.78, 5) is 10.7. The second-order valence-electron chi connectivity index (χ2n) is 3.52. The number of aryl methyl sites for hydroxylation is 1. The molecule has 0 saturated carbocycles. The number of hydrogen-bond donors (Lipinski definition) is 2. The Labute approximate surface area is 76.3 Å². The molecule has 4 nitrogen and oxygen atoms in total. The minimum absolute atomic E-state index is 0.283. The third-order valence-electron chi connectivity index (χ3n) is 2.50. The summed E-state index contributed by atoms with van der Waals surface area (Å²) >= 11 is 0. The van der Waals surface area contributed by atoms with Crippen LogP contribution in [0.2, 0.25) is 0 Å². The zero-order valence-electron chi connectivity index (χ0n) is 7.51. The van der Waals surface area contributed by atoms with Crippen molar-refractivity contribution in [1.29, 1.82) is 0 Å². The average molecular weight is 182 g/mol. The predicted molar refractivity (Wildman–Crippen MR) is 48.7 cm³/mol. The van der Waals surface area contributed by atoms with E-state index in [1.807, 2.05) is 0 Å². The normalized spacial score (nSPS) is 22.3. The second-order valence-corrected chi connectivity index (χ2v) is 3.52. The zero-order valence-corrected chi connectivity index (χ0v) is 7.51. The standard InChI is InChI=1S/C9H14N2O2/c12-9-6-8(11-13-9)4-3-7-2-1-5-10-7/h6-7,10-11H,1-5H2. The molecule has 0 aromatic carbocycles. The van der Waals surface area contributed by atoms with Crippen molar-refractivity contribution in [2.75, 3.05) is 6.54 Å². The van der Waals surface area contributed by atoms with Crippen molar-refractivity contribution in [2.24, 2.45) is 0 Å². The average Bonchev–Trinajstić information content (AvgIpc) is 2.71. The Hall–Kier alpha value is -1.03. The highest BCUT2D eigenvalue weighted by Gasteiger charge is 2.13. The molecule has 1 atom stereocenters. The Morgan fingerprint density at radius 1 is 1.62 bits per heavy atom. The smallest absolute Gasteiger partial charge is 0.339 e. The van der Waals surface area contributed by atoms with Crippen molar-refractivity contribution in [3.63, 3.8) is 0 Å². The summed E-state index contributed by atoms with van der Waals surface area (Å²) in [5, 5.41) is 6.03. The van der Waals surface area contributed by atoms with Gasteiger partial charge in [0.05, 0.1) is 5.69 Å². The van der Waals surface area contributed by atoms with Gasteiger partial charge in [0.1, 0.15) is 0 Å². The van der Waals surface area contributed by atoms with Gasteiger partial charge in [0.2, 0.25) is 0 Å². The second kappa shape index (κ2) is 3.79. The van der Waals surface area contributed by atoms with Crippen molar-refractivity contribution >= 4 is 0 Å². The van der Waals surface area contributed by atoms with Gasteiger partial charge in [-0.2, -0.15) is 0 Å². The zero-order chi connectivity index (χ0) is 9.10. The van der Waals surface area contributed by atoms with Gasteiger partial charge in [0.15, 0.2) is 0 Å². The summed E-state index contributed by atoms with van der Waals surface area (Å²) in [6.45, 7) is 1.13. The molecule has 72 valence electrons. The molecule has 1 fully saturated rings. The molecule has 1 aromatic heterocycles. The van der Waals surface area contributed by atoms with Crippen LogP contribution in [-0.2, 0) is 6.42 Å². The highest BCUT2D eigenvalue weighted by atomic mass is 16.5. The van der Waals surface area contributed by atoms with Crippen molar-refractivity contribution in [2.45, 2.75) is 31.7 Å². The third-order valence-corrected chi connectivity index (χ3v) is 2.50. The fraction of sp³-hybridized carbons (Fsp3) is 0.667. The summed E-state index contributed by atoms with van der Waals surface area (Å²) in [5.41, 5.74) is 0.619. The first-order valence-corrected chi connectivity index (χ1v) is 4.75. The molecule has 1 unspecified atom stereocenters. The topological polar surface area (TPSA) is 58.0 Å². The Morgan fingerprint density at radius 2 is 2.54 bits per heavy atom. The van der Waals surface area contributed by atoms with Crippen molar-refractivity contribution in [3.05, 3.63) is 22.2 Å². The fourth-order valence-electron chi connectivity index (χ4n) is 1.77. The summed E-state index contributed by atoms with van der Waals surface area (Å²) in [5.74, 6) is 0. The van der Waals surface area contributed by atoms with Gasteiger partial charge >= 0.3 is 5.63 Å². The minimum atomic E-state index is -0.283. The monoisotopic (exact) mass is 182 g/mol. The predicted octanol–water partition coefficient (Wildman–Crippen LogP) is 0.652. The maximum atomic E-state index is 10.7. The van der Waals surface area contributed by atoms with Gasteiger partial charge in [-0.3, -0.25) is 0 Å². The van der Waals surface area contributed by atoms with E-state index in [9.17, 15) is 4.79 Å². The van der Waals surface area contributed by atoms with E-state index in [2.05, 4.69) is 15.0 Å². The van der Waals surface area contributed by atoms with Crippen LogP contribution < -0.4 is 10.9 Å². The molecule has 1 aliphatic heterocycles. The number of H-pyrrole nitrogens is 1. The van der Waals surface area contributed by atoms with Gasteiger partial charge in [-0.15, -0.1) is 0 Å². The maximum Gasteiger partial charge on any atom is 0.357 e. The highest BCUT2D eigenvalue weighted by Crippen LogP contribution is 2.10. The Balaban J connectivity index is 1.82. The van der Waals surface area contributed by atoms with E-state index >= 15 is 0 Å². The van der Waals surface area contributed by atoms with Crippen LogP contribution in [0, 0.1) is 0 Å². The molecule has 0 amide bonds. The van der Waals surface area contributed by atoms with E-state index in [-0.39, 0.29) is 5.63 Å². The molecule has 0 aliphatic carbocycles. The van der Waals surface area contributed by atoms with Gasteiger partial charge < -0.3 is 9.84 Å². The molecule has 1 saturated heterocycles. The molecule has 1 aliphatic rings. The molecule has 0 radical (unpaired) electrons. The molecule has 1 aromatic rings. The Morgan fingerprint density at radius 3 is 3.15 bits per heavy atom. The van der Waals surface area contributed by atoms with E-state index in [1.54, 1.807) is 0 Å². The van der Waals surface area contributed by atoms with Gasteiger partial charge in [-0.1, -0.05) is 0 Å². The van der Waals surface area contributed by atoms with Crippen LogP contribution in [0.15, 0.2) is 15.4 Å². The first-order valence-electron chi connectivity index (χ1n) is 4.75. The molecular formula is C9H14N2O2. The molecule has 0 spiro atoms. The van der Waals surface area contributed by atoms with Crippen LogP contribution >= 0.6 is 0 Å². The summed E-state index contributed by atoms with van der Waals surface area (Å²) in [7, 11) is 0. The minimum Gasteiger partial charge on any atom is -0.339 e. The number of nitrogens with one attached hydrogen (secondary N) is 2. The summed E-state index contributed by atoms with van der Waals surface area (Å²) < 4.78 is 4.58. The largest absolute Gasteiger partial charge is 0.357 e. The van der Waals surface area contributed by atoms with Crippen molar-refractivity contribution in [3.8, 4) is 0 Å². The van der Waals surface area contributed by atoms with Crippen LogP contribution in [-0.4, -0.2) is 17.7 Å². The van der Waals surface area contributed by atoms with E-state index < -0.39 is 0 Å². The molecule has 13 heavy (non-hydrogen) atoms. The lowest BCUT2D eigenvalue weighted by Crippen LogP contribution is -2.21. The Kier molecular flexibility index (Phi) is 2.49. The molecule has 2 rings (SSSR count). The number of rotatable bonds is 3. The molecule has 2 heterocycles. The van der Waals surface area contributed by atoms with Crippen LogP contribution in [0.1, 0.15) is 25.0 Å². The van der Waals surface area contributed by atoms with E-state index in [4.69, 9.17) is 0 Å². The molecular weight excluding hydrogens is 168 g/mol. The van der Waals surface area contributed by atoms with E-state index in [1.165, 1.54) is 18.9 Å². The van der Waals surface area contributed by atoms with Gasteiger partial charge in [0.25, 0.3) is 0 Å². The lowest BCUT2D eigenvalue weighted by Gasteiger charge is -2.07. The fourth-order valence-corrected chi connectivity index (χ4v) is 1.77. The number of aromatic nitrogens is 1. The summed E-state index contributed by atoms with van der Waals surface area (Å²) in [6.07, 6.45) is 4.49. The molecule has 0 bridgehead atoms. The van der Waals surface area contributed by atoms with Gasteiger partial charge in [-0.05, 0) is 32.2 Å². The summed E-state index contributed by atoms with van der Waals surface area (Å²) in [6, 6.07) is 2.15. The molecule has 4 heteroatoms. The van der Waals surface area contributed by atoms with Crippen molar-refractivity contribution in [1.82, 2.24) is 10.5 Å².